The van der Waals surface area contributed by atoms with Gasteiger partial charge in [0.25, 0.3) is 5.91 Å². The highest BCUT2D eigenvalue weighted by Crippen LogP contribution is 2.19. The number of amides is 1. The summed E-state index contributed by atoms with van der Waals surface area (Å²) in [6, 6.07) is 7.08. The van der Waals surface area contributed by atoms with E-state index in [1.54, 1.807) is 57.0 Å². The van der Waals surface area contributed by atoms with Crippen molar-refractivity contribution in [3.8, 4) is 11.5 Å². The molecule has 21 heavy (non-hydrogen) atoms. The molecule has 1 atom stereocenters. The lowest BCUT2D eigenvalue weighted by Crippen LogP contribution is -2.47. The Morgan fingerprint density at radius 1 is 1.29 bits per heavy atom. The number of nitrogens with zero attached hydrogens (tertiary/aromatic N) is 1. The molecule has 1 amide bonds. The van der Waals surface area contributed by atoms with E-state index in [0.717, 1.165) is 5.75 Å². The highest BCUT2D eigenvalue weighted by molar-refractivity contribution is 5.81. The van der Waals surface area contributed by atoms with Crippen LogP contribution in [0.2, 0.25) is 0 Å². The quantitative estimate of drug-likeness (QED) is 0.836. The molecule has 1 aromatic carbocycles. The van der Waals surface area contributed by atoms with Gasteiger partial charge in [-0.2, -0.15) is 0 Å². The second-order valence-electron chi connectivity index (χ2n) is 5.60. The average molecular weight is 295 g/mol. The molecule has 0 aliphatic heterocycles. The molecule has 0 saturated heterocycles. The Hall–Kier alpha value is -1.75. The maximum absolute atomic E-state index is 12.3. The van der Waals surface area contributed by atoms with Gasteiger partial charge in [-0.1, -0.05) is 0 Å². The van der Waals surface area contributed by atoms with Crippen LogP contribution in [-0.4, -0.2) is 47.8 Å². The molecule has 0 radical (unpaired) electrons. The summed E-state index contributed by atoms with van der Waals surface area (Å²) in [6.45, 7) is 7.75. The van der Waals surface area contributed by atoms with E-state index in [4.69, 9.17) is 9.47 Å². The van der Waals surface area contributed by atoms with Gasteiger partial charge in [0.15, 0.2) is 6.10 Å². The molecule has 0 bridgehead atoms. The lowest BCUT2D eigenvalue weighted by molar-refractivity contribution is -0.140. The van der Waals surface area contributed by atoms with Gasteiger partial charge in [0, 0.05) is 13.1 Å². The first-order valence-electron chi connectivity index (χ1n) is 7.08. The molecule has 0 aliphatic rings. The molecule has 1 rings (SSSR count). The van der Waals surface area contributed by atoms with Crippen molar-refractivity contribution in [2.45, 2.75) is 39.4 Å². The number of methoxy groups -OCH3 is 1. The smallest absolute Gasteiger partial charge is 0.263 e. The third-order valence-electron chi connectivity index (χ3n) is 2.99. The van der Waals surface area contributed by atoms with Gasteiger partial charge in [0.2, 0.25) is 0 Å². The first-order chi connectivity index (χ1) is 9.76. The molecule has 0 saturated carbocycles. The number of hydrogen-bond donors (Lipinski definition) is 1. The Morgan fingerprint density at radius 3 is 2.24 bits per heavy atom. The fourth-order valence-corrected chi connectivity index (χ4v) is 1.98. The van der Waals surface area contributed by atoms with Crippen LogP contribution in [0.4, 0.5) is 0 Å². The number of rotatable bonds is 7. The van der Waals surface area contributed by atoms with Crippen LogP contribution in [0.3, 0.4) is 0 Å². The molecule has 0 aliphatic carbocycles. The Kier molecular flexibility index (Phi) is 6.03. The predicted octanol–water partition coefficient (Wildman–Crippen LogP) is 2.08. The molecular weight excluding hydrogens is 270 g/mol. The van der Waals surface area contributed by atoms with Crippen LogP contribution in [0.5, 0.6) is 11.5 Å². The highest BCUT2D eigenvalue weighted by Gasteiger charge is 2.25. The maximum Gasteiger partial charge on any atom is 0.263 e. The van der Waals surface area contributed by atoms with E-state index in [0.29, 0.717) is 12.3 Å². The summed E-state index contributed by atoms with van der Waals surface area (Å²) in [6.07, 6.45) is -0.610. The van der Waals surface area contributed by atoms with E-state index in [1.807, 2.05) is 6.92 Å². The van der Waals surface area contributed by atoms with Gasteiger partial charge in [-0.05, 0) is 52.0 Å². The normalized spacial score (nSPS) is 12.7. The zero-order valence-corrected chi connectivity index (χ0v) is 13.4. The number of hydrogen-bond acceptors (Lipinski definition) is 4. The van der Waals surface area contributed by atoms with E-state index in [1.165, 1.54) is 0 Å². The van der Waals surface area contributed by atoms with Crippen molar-refractivity contribution >= 4 is 5.91 Å². The van der Waals surface area contributed by atoms with Crippen LogP contribution in [-0.2, 0) is 4.79 Å². The fourth-order valence-electron chi connectivity index (χ4n) is 1.98. The summed E-state index contributed by atoms with van der Waals surface area (Å²) in [7, 11) is 1.60. The number of aliphatic hydroxyl groups is 1. The van der Waals surface area contributed by atoms with Gasteiger partial charge in [-0.25, -0.2) is 0 Å². The van der Waals surface area contributed by atoms with Crippen molar-refractivity contribution in [2.24, 2.45) is 0 Å². The molecule has 5 heteroatoms. The van der Waals surface area contributed by atoms with Gasteiger partial charge in [-0.3, -0.25) is 4.79 Å². The number of carbonyl (C=O) groups is 1. The van der Waals surface area contributed by atoms with E-state index >= 15 is 0 Å². The molecule has 0 fully saturated rings. The van der Waals surface area contributed by atoms with Crippen molar-refractivity contribution in [1.82, 2.24) is 4.90 Å². The van der Waals surface area contributed by atoms with Gasteiger partial charge in [0.1, 0.15) is 11.5 Å². The highest BCUT2D eigenvalue weighted by atomic mass is 16.5. The first kappa shape index (κ1) is 17.3. The predicted molar refractivity (Wildman–Crippen MR) is 81.6 cm³/mol. The lowest BCUT2D eigenvalue weighted by Gasteiger charge is -2.30. The standard InChI is InChI=1S/C16H25NO4/c1-6-17(11-16(3,4)19)15(18)12(2)21-14-9-7-13(20-5)8-10-14/h7-10,12,19H,6,11H2,1-5H3. The van der Waals surface area contributed by atoms with Gasteiger partial charge in [-0.15, -0.1) is 0 Å². The molecule has 0 heterocycles. The summed E-state index contributed by atoms with van der Waals surface area (Å²) in [5.74, 6) is 1.20. The molecular formula is C16H25NO4. The Morgan fingerprint density at radius 2 is 1.81 bits per heavy atom. The van der Waals surface area contributed by atoms with E-state index in [9.17, 15) is 9.90 Å². The molecule has 1 N–H and O–H groups in total. The van der Waals surface area contributed by atoms with Crippen LogP contribution >= 0.6 is 0 Å². The minimum Gasteiger partial charge on any atom is -0.497 e. The third kappa shape index (κ3) is 5.63. The van der Waals surface area contributed by atoms with Gasteiger partial charge < -0.3 is 19.5 Å². The van der Waals surface area contributed by atoms with Crippen LogP contribution in [0.25, 0.3) is 0 Å². The van der Waals surface area contributed by atoms with Crippen molar-refractivity contribution in [3.05, 3.63) is 24.3 Å². The maximum atomic E-state index is 12.3. The zero-order chi connectivity index (χ0) is 16.0. The van der Waals surface area contributed by atoms with Crippen LogP contribution in [0.1, 0.15) is 27.7 Å². The van der Waals surface area contributed by atoms with Crippen LogP contribution in [0.15, 0.2) is 24.3 Å². The summed E-state index contributed by atoms with van der Waals surface area (Å²) in [4.78, 5) is 13.9. The van der Waals surface area contributed by atoms with E-state index in [2.05, 4.69) is 0 Å². The van der Waals surface area contributed by atoms with Crippen molar-refractivity contribution in [1.29, 1.82) is 0 Å². The molecule has 1 unspecified atom stereocenters. The molecule has 1 aromatic rings. The number of likely N-dealkylation sites (N-methyl/N-ethyl adjacent to an activating group) is 1. The van der Waals surface area contributed by atoms with Gasteiger partial charge >= 0.3 is 0 Å². The molecule has 0 spiro atoms. The van der Waals surface area contributed by atoms with Crippen molar-refractivity contribution in [3.63, 3.8) is 0 Å². The monoisotopic (exact) mass is 295 g/mol. The van der Waals surface area contributed by atoms with Crippen LogP contribution in [0, 0.1) is 0 Å². The van der Waals surface area contributed by atoms with Crippen LogP contribution < -0.4 is 9.47 Å². The second kappa shape index (κ2) is 7.31. The van der Waals surface area contributed by atoms with E-state index < -0.39 is 11.7 Å². The lowest BCUT2D eigenvalue weighted by atomic mass is 10.1. The number of ether oxygens (including phenoxy) is 2. The van der Waals surface area contributed by atoms with Crippen molar-refractivity contribution < 1.29 is 19.4 Å². The summed E-state index contributed by atoms with van der Waals surface area (Å²) in [5, 5.41) is 9.85. The van der Waals surface area contributed by atoms with E-state index in [-0.39, 0.29) is 12.5 Å². The first-order valence-corrected chi connectivity index (χ1v) is 7.08. The molecule has 0 aromatic heterocycles. The second-order valence-corrected chi connectivity index (χ2v) is 5.60. The average Bonchev–Trinajstić information content (AvgIpc) is 2.43. The fraction of sp³-hybridized carbons (Fsp3) is 0.562. The van der Waals surface area contributed by atoms with Crippen molar-refractivity contribution in [2.75, 3.05) is 20.2 Å². The summed E-state index contributed by atoms with van der Waals surface area (Å²) < 4.78 is 10.7. The molecule has 5 nitrogen and oxygen atoms in total. The Labute approximate surface area is 126 Å². The van der Waals surface area contributed by atoms with Gasteiger partial charge in [0.05, 0.1) is 12.7 Å². The number of benzene rings is 1. The SMILES string of the molecule is CCN(CC(C)(C)O)C(=O)C(C)Oc1ccc(OC)cc1. The molecule has 118 valence electrons. The Balaban J connectivity index is 2.67. The minimum absolute atomic E-state index is 0.143. The third-order valence-corrected chi connectivity index (χ3v) is 2.99. The minimum atomic E-state index is -0.925. The summed E-state index contributed by atoms with van der Waals surface area (Å²) in [5.41, 5.74) is -0.925. The Bertz CT molecular complexity index is 450. The summed E-state index contributed by atoms with van der Waals surface area (Å²) >= 11 is 0. The largest absolute Gasteiger partial charge is 0.497 e. The number of carbonyl (C=O) groups excluding carboxylic acids is 1. The zero-order valence-electron chi connectivity index (χ0n) is 13.4. The topological polar surface area (TPSA) is 59.0 Å².